The Morgan fingerprint density at radius 1 is 1.20 bits per heavy atom. The van der Waals surface area contributed by atoms with Crippen LogP contribution in [0.1, 0.15) is 39.3 Å². The SMILES string of the molecule is C/C1=C(\C)CN(C)N(C)c2cccc(n2)C(C)(O)CC1. The van der Waals surface area contributed by atoms with Crippen LogP contribution in [0.2, 0.25) is 0 Å². The Morgan fingerprint density at radius 2 is 1.90 bits per heavy atom. The molecule has 1 aliphatic heterocycles. The normalized spacial score (nSPS) is 29.2. The molecule has 0 saturated carbocycles. The molecule has 4 heteroatoms. The van der Waals surface area contributed by atoms with Crippen molar-refractivity contribution in [3.05, 3.63) is 35.0 Å². The summed E-state index contributed by atoms with van der Waals surface area (Å²) in [6.07, 6.45) is 1.59. The first-order chi connectivity index (χ1) is 9.31. The lowest BCUT2D eigenvalue weighted by Crippen LogP contribution is -2.38. The van der Waals surface area contributed by atoms with Crippen LogP contribution in [0.3, 0.4) is 0 Å². The number of nitrogens with zero attached hydrogens (tertiary/aromatic N) is 3. The van der Waals surface area contributed by atoms with Gasteiger partial charge in [0.1, 0.15) is 11.4 Å². The van der Waals surface area contributed by atoms with Gasteiger partial charge in [-0.15, -0.1) is 0 Å². The van der Waals surface area contributed by atoms with E-state index in [0.717, 1.165) is 24.5 Å². The van der Waals surface area contributed by atoms with Gasteiger partial charge in [-0.2, -0.15) is 0 Å². The molecule has 1 unspecified atom stereocenters. The van der Waals surface area contributed by atoms with Gasteiger partial charge in [0.05, 0.1) is 5.69 Å². The van der Waals surface area contributed by atoms with E-state index in [4.69, 9.17) is 0 Å². The van der Waals surface area contributed by atoms with Gasteiger partial charge in [0.15, 0.2) is 0 Å². The number of allylic oxidation sites excluding steroid dienone is 1. The highest BCUT2D eigenvalue weighted by Gasteiger charge is 2.26. The zero-order chi connectivity index (χ0) is 14.9. The van der Waals surface area contributed by atoms with E-state index >= 15 is 0 Å². The number of pyridine rings is 1. The van der Waals surface area contributed by atoms with Gasteiger partial charge in [0, 0.05) is 20.6 Å². The van der Waals surface area contributed by atoms with E-state index in [2.05, 4.69) is 30.9 Å². The van der Waals surface area contributed by atoms with Gasteiger partial charge in [-0.05, 0) is 45.7 Å². The zero-order valence-electron chi connectivity index (χ0n) is 13.1. The minimum Gasteiger partial charge on any atom is -0.384 e. The van der Waals surface area contributed by atoms with Gasteiger partial charge in [0.2, 0.25) is 0 Å². The lowest BCUT2D eigenvalue weighted by molar-refractivity contribution is 0.0436. The second-order valence-electron chi connectivity index (χ2n) is 6.05. The third kappa shape index (κ3) is 3.02. The molecule has 0 amide bonds. The maximum absolute atomic E-state index is 10.7. The van der Waals surface area contributed by atoms with E-state index in [1.165, 1.54) is 11.1 Å². The molecule has 0 saturated heterocycles. The van der Waals surface area contributed by atoms with E-state index in [1.807, 2.05) is 37.2 Å². The molecule has 2 bridgehead atoms. The van der Waals surface area contributed by atoms with Crippen molar-refractivity contribution in [1.29, 1.82) is 0 Å². The van der Waals surface area contributed by atoms with Crippen LogP contribution in [0.5, 0.6) is 0 Å². The zero-order valence-corrected chi connectivity index (χ0v) is 13.1. The average molecular weight is 275 g/mol. The number of fused-ring (bicyclic) bond motifs is 2. The van der Waals surface area contributed by atoms with Crippen molar-refractivity contribution >= 4 is 5.82 Å². The number of rotatable bonds is 0. The van der Waals surface area contributed by atoms with Crippen molar-refractivity contribution in [2.45, 2.75) is 39.2 Å². The second-order valence-corrected chi connectivity index (χ2v) is 6.05. The fraction of sp³-hybridized carbons (Fsp3) is 0.562. The fourth-order valence-corrected chi connectivity index (χ4v) is 2.43. The van der Waals surface area contributed by atoms with Crippen molar-refractivity contribution in [2.75, 3.05) is 25.6 Å². The summed E-state index contributed by atoms with van der Waals surface area (Å²) in [6, 6.07) is 5.84. The summed E-state index contributed by atoms with van der Waals surface area (Å²) in [5.41, 5.74) is 2.55. The molecule has 20 heavy (non-hydrogen) atoms. The number of aromatic nitrogens is 1. The fourth-order valence-electron chi connectivity index (χ4n) is 2.43. The second kappa shape index (κ2) is 5.54. The van der Waals surface area contributed by atoms with Gasteiger partial charge in [-0.3, -0.25) is 5.01 Å². The molecule has 2 heterocycles. The summed E-state index contributed by atoms with van der Waals surface area (Å²) >= 11 is 0. The highest BCUT2D eigenvalue weighted by Crippen LogP contribution is 2.29. The summed E-state index contributed by atoms with van der Waals surface area (Å²) in [5, 5.41) is 14.9. The molecule has 1 N–H and O–H groups in total. The van der Waals surface area contributed by atoms with Crippen molar-refractivity contribution in [2.24, 2.45) is 0 Å². The topological polar surface area (TPSA) is 39.6 Å². The molecule has 0 aliphatic carbocycles. The molecule has 1 atom stereocenters. The van der Waals surface area contributed by atoms with Crippen molar-refractivity contribution < 1.29 is 5.11 Å². The van der Waals surface area contributed by atoms with Crippen LogP contribution in [-0.4, -0.2) is 35.7 Å². The van der Waals surface area contributed by atoms with E-state index in [-0.39, 0.29) is 0 Å². The molecule has 0 fully saturated rings. The van der Waals surface area contributed by atoms with Gasteiger partial charge >= 0.3 is 0 Å². The Morgan fingerprint density at radius 3 is 2.60 bits per heavy atom. The number of anilines is 1. The molecule has 110 valence electrons. The largest absolute Gasteiger partial charge is 0.384 e. The molecule has 0 spiro atoms. The Hall–Kier alpha value is -1.39. The molecular weight excluding hydrogens is 250 g/mol. The van der Waals surface area contributed by atoms with E-state index in [1.54, 1.807) is 0 Å². The van der Waals surface area contributed by atoms with Gasteiger partial charge in [0.25, 0.3) is 0 Å². The molecule has 0 aromatic carbocycles. The molecule has 1 aromatic rings. The van der Waals surface area contributed by atoms with Gasteiger partial charge in [-0.1, -0.05) is 17.2 Å². The van der Waals surface area contributed by atoms with Crippen LogP contribution in [0.4, 0.5) is 5.82 Å². The third-order valence-corrected chi connectivity index (χ3v) is 4.31. The van der Waals surface area contributed by atoms with E-state index < -0.39 is 5.60 Å². The highest BCUT2D eigenvalue weighted by atomic mass is 16.3. The van der Waals surface area contributed by atoms with E-state index in [9.17, 15) is 5.11 Å². The van der Waals surface area contributed by atoms with Crippen LogP contribution < -0.4 is 5.01 Å². The summed E-state index contributed by atoms with van der Waals surface area (Å²) in [5.74, 6) is 0.859. The molecule has 2 rings (SSSR count). The molecule has 1 aliphatic rings. The van der Waals surface area contributed by atoms with Gasteiger partial charge in [-0.25, -0.2) is 9.99 Å². The Balaban J connectivity index is 2.47. The minimum absolute atomic E-state index is 0.694. The summed E-state index contributed by atoms with van der Waals surface area (Å²) < 4.78 is 0. The number of likely N-dealkylation sites (N-methyl/N-ethyl adjacent to an activating group) is 1. The predicted molar refractivity (Wildman–Crippen MR) is 82.4 cm³/mol. The van der Waals surface area contributed by atoms with Crippen LogP contribution in [-0.2, 0) is 5.60 Å². The molecule has 4 nitrogen and oxygen atoms in total. The van der Waals surface area contributed by atoms with Crippen LogP contribution in [0.15, 0.2) is 29.3 Å². The summed E-state index contributed by atoms with van der Waals surface area (Å²) in [4.78, 5) is 4.63. The average Bonchev–Trinajstić information content (AvgIpc) is 2.43. The van der Waals surface area contributed by atoms with Crippen LogP contribution in [0, 0.1) is 0 Å². The van der Waals surface area contributed by atoms with Crippen molar-refractivity contribution in [1.82, 2.24) is 9.99 Å². The Kier molecular flexibility index (Phi) is 4.16. The number of hydrogen-bond donors (Lipinski definition) is 1. The molecule has 0 radical (unpaired) electrons. The first-order valence-electron chi connectivity index (χ1n) is 7.11. The number of aliphatic hydroxyl groups is 1. The summed E-state index contributed by atoms with van der Waals surface area (Å²) in [6.45, 7) is 7.04. The summed E-state index contributed by atoms with van der Waals surface area (Å²) in [7, 11) is 4.06. The predicted octanol–water partition coefficient (Wildman–Crippen LogP) is 2.70. The smallest absolute Gasteiger partial charge is 0.143 e. The lowest BCUT2D eigenvalue weighted by atomic mass is 9.92. The van der Waals surface area contributed by atoms with Gasteiger partial charge < -0.3 is 5.11 Å². The highest BCUT2D eigenvalue weighted by molar-refractivity contribution is 5.38. The van der Waals surface area contributed by atoms with E-state index in [0.29, 0.717) is 6.42 Å². The molecule has 1 aromatic heterocycles. The van der Waals surface area contributed by atoms with Crippen LogP contribution >= 0.6 is 0 Å². The van der Waals surface area contributed by atoms with Crippen molar-refractivity contribution in [3.8, 4) is 0 Å². The first-order valence-corrected chi connectivity index (χ1v) is 7.11. The monoisotopic (exact) mass is 275 g/mol. The minimum atomic E-state index is -0.888. The third-order valence-electron chi connectivity index (χ3n) is 4.31. The van der Waals surface area contributed by atoms with Crippen LogP contribution in [0.25, 0.3) is 0 Å². The number of hydrazine groups is 1. The Labute approximate surface area is 121 Å². The quantitative estimate of drug-likeness (QED) is 0.739. The maximum atomic E-state index is 10.7. The molecular formula is C16H25N3O. The Bertz CT molecular complexity index is 522. The first kappa shape index (κ1) is 15.0. The van der Waals surface area contributed by atoms with Crippen molar-refractivity contribution in [3.63, 3.8) is 0 Å². The standard InChI is InChI=1S/C16H25N3O/c1-12-9-10-16(3,20)14-7-6-8-15(17-14)19(5)18(4)11-13(12)2/h6-8,20H,9-11H2,1-5H3/b13-12-. The maximum Gasteiger partial charge on any atom is 0.143 e. The lowest BCUT2D eigenvalue weighted by Gasteiger charge is -2.30. The number of hydrogen-bond acceptors (Lipinski definition) is 4.